The zero-order chi connectivity index (χ0) is 8.81. The van der Waals surface area contributed by atoms with E-state index in [1.54, 1.807) is 0 Å². The van der Waals surface area contributed by atoms with Gasteiger partial charge in [0, 0.05) is 19.1 Å². The summed E-state index contributed by atoms with van der Waals surface area (Å²) >= 11 is 0. The van der Waals surface area contributed by atoms with Crippen molar-refractivity contribution in [3.05, 3.63) is 12.2 Å². The Morgan fingerprint density at radius 1 is 1.50 bits per heavy atom. The van der Waals surface area contributed by atoms with Crippen molar-refractivity contribution in [3.8, 4) is 6.07 Å². The lowest BCUT2D eigenvalue weighted by atomic mass is 9.94. The maximum absolute atomic E-state index is 8.61. The summed E-state index contributed by atoms with van der Waals surface area (Å²) in [7, 11) is 0. The predicted molar refractivity (Wildman–Crippen MR) is 48.3 cm³/mol. The first kappa shape index (κ1) is 9.24. The number of nitrogens with zero attached hydrogens (tertiary/aromatic N) is 1. The predicted octanol–water partition coefficient (Wildman–Crippen LogP) is 0.393. The summed E-state index contributed by atoms with van der Waals surface area (Å²) in [4.78, 5) is 0. The molecule has 1 aliphatic carbocycles. The Hall–Kier alpha value is -0.850. The minimum Gasteiger partial charge on any atom is -0.329 e. The summed E-state index contributed by atoms with van der Waals surface area (Å²) in [5.41, 5.74) is 5.36. The zero-order valence-electron chi connectivity index (χ0n) is 7.16. The van der Waals surface area contributed by atoms with Gasteiger partial charge < -0.3 is 11.1 Å². The fraction of sp³-hybridized carbons (Fsp3) is 0.667. The van der Waals surface area contributed by atoms with Crippen LogP contribution < -0.4 is 11.1 Å². The Labute approximate surface area is 73.2 Å². The number of nitrogens with two attached hydrogens (primary N) is 1. The van der Waals surface area contributed by atoms with E-state index in [0.29, 0.717) is 12.6 Å². The molecule has 0 aromatic carbocycles. The van der Waals surface area contributed by atoms with E-state index in [0.717, 1.165) is 19.4 Å². The molecule has 0 aromatic rings. The van der Waals surface area contributed by atoms with Crippen LogP contribution in [-0.2, 0) is 0 Å². The molecule has 0 amide bonds. The second-order valence-corrected chi connectivity index (χ2v) is 3.05. The summed E-state index contributed by atoms with van der Waals surface area (Å²) in [5, 5.41) is 11.9. The molecule has 0 fully saturated rings. The van der Waals surface area contributed by atoms with Crippen LogP contribution in [0.2, 0.25) is 0 Å². The van der Waals surface area contributed by atoms with E-state index in [1.165, 1.54) is 0 Å². The first-order valence-electron chi connectivity index (χ1n) is 4.38. The maximum atomic E-state index is 8.61. The molecule has 3 N–H and O–H groups in total. The molecule has 0 spiro atoms. The Morgan fingerprint density at radius 3 is 2.83 bits per heavy atom. The standard InChI is InChI=1S/C9H15N3/c10-5-6-12-9-3-1-8(7-11)2-4-9/h1,3,8-9,12H,2,4-6,10H2. The Bertz CT molecular complexity index is 192. The number of nitrogens with one attached hydrogen (secondary N) is 1. The number of hydrogen-bond acceptors (Lipinski definition) is 3. The molecule has 0 heterocycles. The summed E-state index contributed by atoms with van der Waals surface area (Å²) in [6.45, 7) is 1.53. The molecule has 3 nitrogen and oxygen atoms in total. The van der Waals surface area contributed by atoms with Crippen LogP contribution in [0.15, 0.2) is 12.2 Å². The first-order valence-corrected chi connectivity index (χ1v) is 4.38. The second kappa shape index (κ2) is 4.91. The van der Waals surface area contributed by atoms with Gasteiger partial charge in [0.2, 0.25) is 0 Å². The summed E-state index contributed by atoms with van der Waals surface area (Å²) in [6.07, 6.45) is 6.08. The SMILES string of the molecule is N#CC1C=CC(NCCN)CC1. The van der Waals surface area contributed by atoms with Crippen LogP contribution in [0.3, 0.4) is 0 Å². The quantitative estimate of drug-likeness (QED) is 0.595. The fourth-order valence-electron chi connectivity index (χ4n) is 1.37. The van der Waals surface area contributed by atoms with Gasteiger partial charge >= 0.3 is 0 Å². The fourth-order valence-corrected chi connectivity index (χ4v) is 1.37. The number of rotatable bonds is 3. The van der Waals surface area contributed by atoms with Crippen LogP contribution >= 0.6 is 0 Å². The van der Waals surface area contributed by atoms with Gasteiger partial charge in [-0.2, -0.15) is 5.26 Å². The van der Waals surface area contributed by atoms with Crippen molar-refractivity contribution in [2.24, 2.45) is 11.7 Å². The molecule has 0 saturated heterocycles. The summed E-state index contributed by atoms with van der Waals surface area (Å²) < 4.78 is 0. The van der Waals surface area contributed by atoms with Gasteiger partial charge in [-0.15, -0.1) is 0 Å². The second-order valence-electron chi connectivity index (χ2n) is 3.05. The van der Waals surface area contributed by atoms with Crippen LogP contribution in [0.4, 0.5) is 0 Å². The number of allylic oxidation sites excluding steroid dienone is 1. The average molecular weight is 165 g/mol. The highest BCUT2D eigenvalue weighted by Crippen LogP contribution is 2.16. The van der Waals surface area contributed by atoms with Crippen LogP contribution in [0.25, 0.3) is 0 Å². The van der Waals surface area contributed by atoms with Gasteiger partial charge in [0.05, 0.1) is 12.0 Å². The van der Waals surface area contributed by atoms with Crippen molar-refractivity contribution in [3.63, 3.8) is 0 Å². The molecular weight excluding hydrogens is 150 g/mol. The molecule has 0 radical (unpaired) electrons. The third kappa shape index (κ3) is 2.65. The van der Waals surface area contributed by atoms with E-state index in [9.17, 15) is 0 Å². The third-order valence-corrected chi connectivity index (χ3v) is 2.08. The lowest BCUT2D eigenvalue weighted by Crippen LogP contribution is -2.33. The molecule has 3 heteroatoms. The maximum Gasteiger partial charge on any atom is 0.0697 e. The van der Waals surface area contributed by atoms with E-state index in [4.69, 9.17) is 11.0 Å². The van der Waals surface area contributed by atoms with Crippen LogP contribution in [0, 0.1) is 17.2 Å². The van der Waals surface area contributed by atoms with Gasteiger partial charge in [0.25, 0.3) is 0 Å². The van der Waals surface area contributed by atoms with E-state index in [-0.39, 0.29) is 5.92 Å². The van der Waals surface area contributed by atoms with Gasteiger partial charge in [0.1, 0.15) is 0 Å². The minimum atomic E-state index is 0.126. The van der Waals surface area contributed by atoms with Crippen molar-refractivity contribution in [2.45, 2.75) is 18.9 Å². The topological polar surface area (TPSA) is 61.8 Å². The molecule has 2 unspecified atom stereocenters. The van der Waals surface area contributed by atoms with E-state index in [2.05, 4.69) is 17.5 Å². The molecule has 1 rings (SSSR count). The summed E-state index contributed by atoms with van der Waals surface area (Å²) in [6, 6.07) is 2.67. The van der Waals surface area contributed by atoms with E-state index in [1.807, 2.05) is 6.08 Å². The van der Waals surface area contributed by atoms with Gasteiger partial charge in [-0.05, 0) is 12.8 Å². The smallest absolute Gasteiger partial charge is 0.0697 e. The van der Waals surface area contributed by atoms with Crippen molar-refractivity contribution in [1.29, 1.82) is 5.26 Å². The molecule has 12 heavy (non-hydrogen) atoms. The van der Waals surface area contributed by atoms with Crippen molar-refractivity contribution >= 4 is 0 Å². The van der Waals surface area contributed by atoms with Crippen LogP contribution in [0.5, 0.6) is 0 Å². The first-order chi connectivity index (χ1) is 5.86. The monoisotopic (exact) mass is 165 g/mol. The van der Waals surface area contributed by atoms with Gasteiger partial charge in [-0.1, -0.05) is 12.2 Å². The minimum absolute atomic E-state index is 0.126. The molecule has 1 aliphatic rings. The molecule has 2 atom stereocenters. The normalized spacial score (nSPS) is 28.3. The van der Waals surface area contributed by atoms with Crippen molar-refractivity contribution < 1.29 is 0 Å². The van der Waals surface area contributed by atoms with Crippen LogP contribution in [-0.4, -0.2) is 19.1 Å². The van der Waals surface area contributed by atoms with Gasteiger partial charge in [0.15, 0.2) is 0 Å². The van der Waals surface area contributed by atoms with Crippen LogP contribution in [0.1, 0.15) is 12.8 Å². The zero-order valence-corrected chi connectivity index (χ0v) is 7.16. The third-order valence-electron chi connectivity index (χ3n) is 2.08. The Balaban J connectivity index is 2.29. The van der Waals surface area contributed by atoms with E-state index >= 15 is 0 Å². The van der Waals surface area contributed by atoms with Crippen molar-refractivity contribution in [2.75, 3.05) is 13.1 Å². The largest absolute Gasteiger partial charge is 0.329 e. The molecule has 66 valence electrons. The number of hydrogen-bond donors (Lipinski definition) is 2. The Kier molecular flexibility index (Phi) is 3.78. The van der Waals surface area contributed by atoms with Gasteiger partial charge in [-0.25, -0.2) is 0 Å². The molecule has 0 bridgehead atoms. The number of nitriles is 1. The lowest BCUT2D eigenvalue weighted by Gasteiger charge is -2.19. The van der Waals surface area contributed by atoms with E-state index < -0.39 is 0 Å². The highest BCUT2D eigenvalue weighted by Gasteiger charge is 2.13. The highest BCUT2D eigenvalue weighted by molar-refractivity contribution is 5.08. The van der Waals surface area contributed by atoms with Gasteiger partial charge in [-0.3, -0.25) is 0 Å². The Morgan fingerprint density at radius 2 is 2.33 bits per heavy atom. The molecular formula is C9H15N3. The average Bonchev–Trinajstić information content (AvgIpc) is 2.15. The molecule has 0 saturated carbocycles. The molecule has 0 aliphatic heterocycles. The summed E-state index contributed by atoms with van der Waals surface area (Å²) in [5.74, 6) is 0.126. The lowest BCUT2D eigenvalue weighted by molar-refractivity contribution is 0.499. The molecule has 0 aromatic heterocycles. The highest BCUT2D eigenvalue weighted by atomic mass is 14.9. The van der Waals surface area contributed by atoms with Crippen molar-refractivity contribution in [1.82, 2.24) is 5.32 Å².